The minimum absolute atomic E-state index is 0.00357. The Balaban J connectivity index is 0.000000135. The monoisotopic (exact) mass is 1080 g/mol. The van der Waals surface area contributed by atoms with Crippen LogP contribution in [0, 0.1) is 0 Å². The van der Waals surface area contributed by atoms with Crippen LogP contribution >= 0.6 is 0 Å². The van der Waals surface area contributed by atoms with Crippen molar-refractivity contribution in [3.8, 4) is 0 Å². The molecule has 6 aliphatic heterocycles. The average Bonchev–Trinajstić information content (AvgIpc) is 4.33. The molecule has 8 atom stereocenters. The van der Waals surface area contributed by atoms with E-state index in [0.717, 1.165) is 116 Å². The predicted molar refractivity (Wildman–Crippen MR) is 317 cm³/mol. The Morgan fingerprint density at radius 3 is 1.46 bits per heavy atom. The van der Waals surface area contributed by atoms with Crippen molar-refractivity contribution in [3.05, 3.63) is 155 Å². The van der Waals surface area contributed by atoms with Crippen molar-refractivity contribution in [2.75, 3.05) is 28.3 Å². The molecule has 2 saturated heterocycles. The second-order valence-electron chi connectivity index (χ2n) is 22.9. The molecule has 7 aromatic carbocycles. The summed E-state index contributed by atoms with van der Waals surface area (Å²) in [5.74, 6) is -0.103. The normalized spacial score (nSPS) is 24.8. The molecule has 2 fully saturated rings. The molecule has 4 aromatic heterocycles. The molecule has 11 aromatic rings. The topological polar surface area (TPSA) is 147 Å². The van der Waals surface area contributed by atoms with Crippen LogP contribution in [-0.4, -0.2) is 93.5 Å². The number of nitrogens with one attached hydrogen (secondary N) is 3. The van der Waals surface area contributed by atoms with E-state index < -0.39 is 23.8 Å². The zero-order chi connectivity index (χ0) is 55.5. The number of carbonyl (C=O) groups excluding carboxylic acids is 3. The highest BCUT2D eigenvalue weighted by Gasteiger charge is 2.56. The van der Waals surface area contributed by atoms with E-state index in [0.29, 0.717) is 25.1 Å². The van der Waals surface area contributed by atoms with Gasteiger partial charge in [0.25, 0.3) is 17.7 Å². The summed E-state index contributed by atoms with van der Waals surface area (Å²) in [6, 6.07) is 42.7. The third-order valence-corrected chi connectivity index (χ3v) is 18.6. The highest BCUT2D eigenvalue weighted by molar-refractivity contribution is 6.32. The molecule has 15 heteroatoms. The molecule has 410 valence electrons. The van der Waals surface area contributed by atoms with Gasteiger partial charge in [0.2, 0.25) is 0 Å². The molecular weight excluding hydrogens is 1020 g/mol. The molecule has 17 rings (SSSR count). The summed E-state index contributed by atoms with van der Waals surface area (Å²) in [6.45, 7) is 9.49. The van der Waals surface area contributed by atoms with Gasteiger partial charge < -0.3 is 58.1 Å². The summed E-state index contributed by atoms with van der Waals surface area (Å²) in [7, 11) is 7.34. The summed E-state index contributed by atoms with van der Waals surface area (Å²) in [5.41, 5.74) is 11.0. The largest absolute Gasteiger partial charge is 0.375 e. The molecule has 0 spiro atoms. The number of methoxy groups -OCH3 is 2. The highest BCUT2D eigenvalue weighted by atomic mass is 16.6. The smallest absolute Gasteiger partial charge is 0.253 e. The van der Waals surface area contributed by atoms with E-state index in [2.05, 4.69) is 135 Å². The number of aromatic nitrogens is 4. The van der Waals surface area contributed by atoms with Crippen molar-refractivity contribution in [2.45, 2.75) is 108 Å². The maximum Gasteiger partial charge on any atom is 0.253 e. The van der Waals surface area contributed by atoms with Crippen LogP contribution in [0.1, 0.15) is 102 Å². The Bertz CT molecular complexity index is 4510. The van der Waals surface area contributed by atoms with Crippen LogP contribution in [0.5, 0.6) is 0 Å². The molecule has 4 bridgehead atoms. The minimum Gasteiger partial charge on any atom is -0.375 e. The van der Waals surface area contributed by atoms with Crippen molar-refractivity contribution in [2.24, 2.45) is 0 Å². The first-order valence-corrected chi connectivity index (χ1v) is 28.4. The number of para-hydroxylation sites is 4. The van der Waals surface area contributed by atoms with Crippen LogP contribution in [0.25, 0.3) is 87.2 Å². The Morgan fingerprint density at radius 1 is 0.593 bits per heavy atom. The lowest BCUT2D eigenvalue weighted by molar-refractivity contribution is -0.264. The Morgan fingerprint density at radius 2 is 1.00 bits per heavy atom. The molecule has 15 nitrogen and oxygen atoms in total. The van der Waals surface area contributed by atoms with E-state index in [4.69, 9.17) is 18.9 Å². The molecule has 3 N–H and O–H groups in total. The van der Waals surface area contributed by atoms with Gasteiger partial charge in [-0.3, -0.25) is 14.4 Å². The first-order chi connectivity index (χ1) is 39.4. The number of amides is 3. The van der Waals surface area contributed by atoms with E-state index in [1.54, 1.807) is 14.2 Å². The highest BCUT2D eigenvalue weighted by Crippen LogP contribution is 2.56. The van der Waals surface area contributed by atoms with E-state index >= 15 is 0 Å². The van der Waals surface area contributed by atoms with Crippen LogP contribution in [0.2, 0.25) is 0 Å². The fourth-order valence-corrected chi connectivity index (χ4v) is 15.7. The van der Waals surface area contributed by atoms with Gasteiger partial charge in [0, 0.05) is 102 Å². The number of fused-ring (bicyclic) bond motifs is 26. The molecule has 0 saturated carbocycles. The first-order valence-electron chi connectivity index (χ1n) is 28.4. The zero-order valence-electron chi connectivity index (χ0n) is 46.7. The molecule has 81 heavy (non-hydrogen) atoms. The molecule has 10 heterocycles. The van der Waals surface area contributed by atoms with Gasteiger partial charge in [-0.15, -0.1) is 0 Å². The van der Waals surface area contributed by atoms with Crippen molar-refractivity contribution < 1.29 is 33.3 Å². The van der Waals surface area contributed by atoms with Crippen LogP contribution in [0.15, 0.2) is 127 Å². The zero-order valence-corrected chi connectivity index (χ0v) is 46.7. The van der Waals surface area contributed by atoms with Gasteiger partial charge >= 0.3 is 0 Å². The number of likely N-dealkylation sites (N-methyl/N-ethyl adjacent to an activating group) is 2. The SMILES string of the molecule is CCC.CN[C@@H]1C[C@H]2O[C@@](C)([C@@H]1OC)n1c3ccccc3c3c4c(c5c6ccccc6n2c5c31)C(=O)NC4.CO[C@@H]1[C@H](N(C)C(=O)c2ccccc2)C[C@H]2O[C@]1(C)n1c3ccccc3c3c4c(c5c6ccccc6n2c5c31)C(=O)NC4. The quantitative estimate of drug-likeness (QED) is 0.154. The summed E-state index contributed by atoms with van der Waals surface area (Å²) in [4.78, 5) is 42.6. The Hall–Kier alpha value is -8.05. The maximum absolute atomic E-state index is 13.9. The van der Waals surface area contributed by atoms with Crippen LogP contribution in [0.4, 0.5) is 0 Å². The van der Waals surface area contributed by atoms with Gasteiger partial charge in [0.1, 0.15) is 24.7 Å². The average molecular weight is 1080 g/mol. The van der Waals surface area contributed by atoms with Crippen LogP contribution in [-0.2, 0) is 43.5 Å². The fraction of sp³-hybridized carbons (Fsp3) is 0.318. The molecule has 0 unspecified atom stereocenters. The lowest BCUT2D eigenvalue weighted by Gasteiger charge is -2.50. The number of ether oxygens (including phenoxy) is 4. The van der Waals surface area contributed by atoms with Crippen LogP contribution in [0.3, 0.4) is 0 Å². The summed E-state index contributed by atoms with van der Waals surface area (Å²) < 4.78 is 36.1. The van der Waals surface area contributed by atoms with Crippen molar-refractivity contribution in [3.63, 3.8) is 0 Å². The number of hydrogen-bond donors (Lipinski definition) is 3. The van der Waals surface area contributed by atoms with Gasteiger partial charge in [-0.2, -0.15) is 0 Å². The second-order valence-corrected chi connectivity index (χ2v) is 22.9. The number of hydrogen-bond acceptors (Lipinski definition) is 8. The fourth-order valence-electron chi connectivity index (χ4n) is 15.7. The number of benzene rings is 7. The van der Waals surface area contributed by atoms with Crippen molar-refractivity contribution in [1.29, 1.82) is 0 Å². The summed E-state index contributed by atoms with van der Waals surface area (Å²) in [5, 5.41) is 18.3. The third-order valence-electron chi connectivity index (χ3n) is 18.6. The first kappa shape index (κ1) is 50.0. The summed E-state index contributed by atoms with van der Waals surface area (Å²) in [6.07, 6.45) is 1.20. The predicted octanol–water partition coefficient (Wildman–Crippen LogP) is 11.7. The number of rotatable bonds is 5. The van der Waals surface area contributed by atoms with Gasteiger partial charge in [0.15, 0.2) is 11.4 Å². The third kappa shape index (κ3) is 6.43. The number of carbonyl (C=O) groups is 3. The molecule has 3 amide bonds. The van der Waals surface area contributed by atoms with Gasteiger partial charge in [-0.1, -0.05) is 111 Å². The molecule has 0 aliphatic carbocycles. The minimum atomic E-state index is -0.980. The lowest BCUT2D eigenvalue weighted by atomic mass is 9.91. The van der Waals surface area contributed by atoms with E-state index in [1.807, 2.05) is 73.6 Å². The summed E-state index contributed by atoms with van der Waals surface area (Å²) >= 11 is 0. The Kier molecular flexibility index (Phi) is 11.1. The van der Waals surface area contributed by atoms with Gasteiger partial charge in [-0.25, -0.2) is 0 Å². The van der Waals surface area contributed by atoms with Gasteiger partial charge in [0.05, 0.1) is 61.3 Å². The number of nitrogens with zero attached hydrogens (tertiary/aromatic N) is 5. The second kappa shape index (κ2) is 18.0. The Labute approximate surface area is 467 Å². The van der Waals surface area contributed by atoms with Gasteiger partial charge in [-0.05, 0) is 68.4 Å². The van der Waals surface area contributed by atoms with Crippen LogP contribution < -0.4 is 16.0 Å². The van der Waals surface area contributed by atoms with E-state index in [1.165, 1.54) is 6.42 Å². The van der Waals surface area contributed by atoms with Crippen molar-refractivity contribution in [1.82, 2.24) is 39.1 Å². The molecular formula is C66H64N8O7. The lowest BCUT2D eigenvalue weighted by Crippen LogP contribution is -2.61. The maximum atomic E-state index is 13.9. The van der Waals surface area contributed by atoms with E-state index in [9.17, 15) is 14.4 Å². The molecule has 6 aliphatic rings. The molecule has 0 radical (unpaired) electrons. The van der Waals surface area contributed by atoms with E-state index in [-0.39, 0.29) is 42.1 Å². The van der Waals surface area contributed by atoms with Crippen molar-refractivity contribution >= 4 is 105 Å². The standard InChI is InChI=1S/C35H30N4O4.C28H26N4O3.C3H8/c1-35-32(42-3)25(37(2)34(41)19-11-5-4-6-12-19)17-26(43-35)38-23-15-9-7-13-20(23)28-29-22(18-36-33(29)40)27-21-14-8-10-16-24(21)39(35)31(27)30(28)38;1-28-26(34-3)17(29-2)12-20(35-28)31-18-10-6-4-8-14(18)22-23-16(13-30-27(23)33)21-15-9-5-7-11-19(15)32(28)25(21)24(22)31;1-3-2/h4-16,25-26,32H,17-18H2,1-3H3,(H,36,40);4-11,17,20,26,29H,12-13H2,1-3H3,(H,30,33);3H2,1-2H3/t25-,26-,32-,35+;17-,20-,26-,28+;/m11./s1.